The Labute approximate surface area is 109 Å². The summed E-state index contributed by atoms with van der Waals surface area (Å²) in [6.45, 7) is 5.49. The van der Waals surface area contributed by atoms with E-state index in [4.69, 9.17) is 8.92 Å². The molecule has 0 N–H and O–H groups in total. The van der Waals surface area contributed by atoms with Crippen LogP contribution in [0.1, 0.15) is 46.5 Å². The highest BCUT2D eigenvalue weighted by atomic mass is 32.2. The Morgan fingerprint density at radius 1 is 1.28 bits per heavy atom. The molecule has 0 bridgehead atoms. The number of hydrogen-bond donors (Lipinski definition) is 0. The monoisotopic (exact) mass is 278 g/mol. The van der Waals surface area contributed by atoms with Crippen LogP contribution in [0.25, 0.3) is 0 Å². The minimum atomic E-state index is -3.40. The molecule has 2 unspecified atom stereocenters. The maximum atomic E-state index is 11.6. The lowest BCUT2D eigenvalue weighted by atomic mass is 10.0. The van der Waals surface area contributed by atoms with E-state index in [1.807, 2.05) is 20.8 Å². The molecule has 0 aliphatic heterocycles. The van der Waals surface area contributed by atoms with Crippen LogP contribution in [0.2, 0.25) is 0 Å². The van der Waals surface area contributed by atoms with E-state index in [2.05, 4.69) is 0 Å². The maximum absolute atomic E-state index is 11.6. The van der Waals surface area contributed by atoms with Gasteiger partial charge >= 0.3 is 5.97 Å². The third-order valence-electron chi connectivity index (χ3n) is 2.68. The number of rotatable bonds is 4. The molecule has 5 nitrogen and oxygen atoms in total. The molecule has 0 saturated heterocycles. The van der Waals surface area contributed by atoms with Crippen molar-refractivity contribution in [2.75, 3.05) is 6.26 Å². The molecule has 1 saturated carbocycles. The average molecular weight is 278 g/mol. The van der Waals surface area contributed by atoms with Gasteiger partial charge in [-0.1, -0.05) is 0 Å². The molecule has 2 atom stereocenters. The predicted octanol–water partition coefficient (Wildman–Crippen LogP) is 1.86. The molecule has 18 heavy (non-hydrogen) atoms. The third kappa shape index (κ3) is 6.35. The van der Waals surface area contributed by atoms with E-state index in [0.29, 0.717) is 19.3 Å². The summed E-state index contributed by atoms with van der Waals surface area (Å²) in [4.78, 5) is 11.6. The lowest BCUT2D eigenvalue weighted by Gasteiger charge is -2.20. The minimum Gasteiger partial charge on any atom is -0.460 e. The SMILES string of the molecule is CC(C)(C)OC(=O)CC1CCC(OS(C)(=O)=O)C1. The molecule has 1 rings (SSSR count). The first-order chi connectivity index (χ1) is 8.05. The molecular weight excluding hydrogens is 256 g/mol. The molecule has 0 heterocycles. The molecule has 0 amide bonds. The van der Waals surface area contributed by atoms with E-state index in [-0.39, 0.29) is 18.0 Å². The molecule has 0 radical (unpaired) electrons. The van der Waals surface area contributed by atoms with Gasteiger partial charge in [-0.05, 0) is 46.0 Å². The van der Waals surface area contributed by atoms with Gasteiger partial charge in [0, 0.05) is 6.42 Å². The summed E-state index contributed by atoms with van der Waals surface area (Å²) >= 11 is 0. The van der Waals surface area contributed by atoms with E-state index in [1.54, 1.807) is 0 Å². The zero-order chi connectivity index (χ0) is 14.0. The molecule has 0 aromatic heterocycles. The predicted molar refractivity (Wildman–Crippen MR) is 67.5 cm³/mol. The summed E-state index contributed by atoms with van der Waals surface area (Å²) in [5, 5.41) is 0. The zero-order valence-electron chi connectivity index (χ0n) is 11.4. The van der Waals surface area contributed by atoms with Crippen molar-refractivity contribution in [3.8, 4) is 0 Å². The fourth-order valence-corrected chi connectivity index (χ4v) is 2.84. The summed E-state index contributed by atoms with van der Waals surface area (Å²) in [6.07, 6.45) is 3.19. The van der Waals surface area contributed by atoms with E-state index in [0.717, 1.165) is 12.7 Å². The molecular formula is C12H22O5S. The van der Waals surface area contributed by atoms with Crippen molar-refractivity contribution < 1.29 is 22.1 Å². The van der Waals surface area contributed by atoms with Crippen molar-refractivity contribution in [2.45, 2.75) is 58.2 Å². The second-order valence-corrected chi connectivity index (χ2v) is 7.49. The number of carbonyl (C=O) groups is 1. The molecule has 0 aromatic carbocycles. The Bertz CT molecular complexity index is 393. The van der Waals surface area contributed by atoms with Crippen molar-refractivity contribution in [3.63, 3.8) is 0 Å². The van der Waals surface area contributed by atoms with Crippen molar-refractivity contribution in [1.29, 1.82) is 0 Å². The van der Waals surface area contributed by atoms with E-state index >= 15 is 0 Å². The van der Waals surface area contributed by atoms with Gasteiger partial charge in [0.2, 0.25) is 0 Å². The lowest BCUT2D eigenvalue weighted by molar-refractivity contribution is -0.155. The largest absolute Gasteiger partial charge is 0.460 e. The van der Waals surface area contributed by atoms with Gasteiger partial charge in [0.15, 0.2) is 0 Å². The van der Waals surface area contributed by atoms with Gasteiger partial charge in [0.25, 0.3) is 10.1 Å². The van der Waals surface area contributed by atoms with Gasteiger partial charge < -0.3 is 4.74 Å². The van der Waals surface area contributed by atoms with Crippen molar-refractivity contribution in [3.05, 3.63) is 0 Å². The van der Waals surface area contributed by atoms with Crippen LogP contribution < -0.4 is 0 Å². The minimum absolute atomic E-state index is 0.159. The Kier molecular flexibility index (Phi) is 4.78. The second kappa shape index (κ2) is 5.57. The van der Waals surface area contributed by atoms with E-state index < -0.39 is 15.7 Å². The molecule has 0 aromatic rings. The third-order valence-corrected chi connectivity index (χ3v) is 3.30. The Morgan fingerprint density at radius 3 is 2.39 bits per heavy atom. The van der Waals surface area contributed by atoms with E-state index in [9.17, 15) is 13.2 Å². The van der Waals surface area contributed by atoms with Crippen LogP contribution in [-0.2, 0) is 23.8 Å². The lowest BCUT2D eigenvalue weighted by Crippen LogP contribution is -2.25. The first kappa shape index (κ1) is 15.4. The molecule has 1 fully saturated rings. The number of esters is 1. The highest BCUT2D eigenvalue weighted by molar-refractivity contribution is 7.86. The quantitative estimate of drug-likeness (QED) is 0.580. The highest BCUT2D eigenvalue weighted by Crippen LogP contribution is 2.31. The summed E-state index contributed by atoms with van der Waals surface area (Å²) < 4.78 is 32.1. The van der Waals surface area contributed by atoms with Crippen molar-refractivity contribution in [1.82, 2.24) is 0 Å². The van der Waals surface area contributed by atoms with Gasteiger partial charge in [-0.15, -0.1) is 0 Å². The standard InChI is InChI=1S/C12H22O5S/c1-12(2,3)16-11(13)8-9-5-6-10(7-9)17-18(4,14)15/h9-10H,5-8H2,1-4H3. The van der Waals surface area contributed by atoms with Crippen LogP contribution in [-0.4, -0.2) is 32.3 Å². The average Bonchev–Trinajstić information content (AvgIpc) is 2.44. The van der Waals surface area contributed by atoms with Crippen LogP contribution in [0.3, 0.4) is 0 Å². The zero-order valence-corrected chi connectivity index (χ0v) is 12.2. The van der Waals surface area contributed by atoms with Gasteiger partial charge in [0.1, 0.15) is 5.60 Å². The molecule has 0 spiro atoms. The number of carbonyl (C=O) groups excluding carboxylic acids is 1. The fraction of sp³-hybridized carbons (Fsp3) is 0.917. The fourth-order valence-electron chi connectivity index (χ4n) is 2.17. The normalized spacial score (nSPS) is 25.1. The van der Waals surface area contributed by atoms with Gasteiger partial charge in [-0.2, -0.15) is 8.42 Å². The van der Waals surface area contributed by atoms with Crippen molar-refractivity contribution >= 4 is 16.1 Å². The van der Waals surface area contributed by atoms with Crippen LogP contribution in [0.4, 0.5) is 0 Å². The topological polar surface area (TPSA) is 69.7 Å². The van der Waals surface area contributed by atoms with Gasteiger partial charge in [-0.25, -0.2) is 0 Å². The van der Waals surface area contributed by atoms with Crippen LogP contribution in [0.15, 0.2) is 0 Å². The van der Waals surface area contributed by atoms with Crippen LogP contribution in [0, 0.1) is 5.92 Å². The van der Waals surface area contributed by atoms with Crippen LogP contribution >= 0.6 is 0 Å². The molecule has 1 aliphatic rings. The van der Waals surface area contributed by atoms with Crippen molar-refractivity contribution in [2.24, 2.45) is 5.92 Å². The summed E-state index contributed by atoms with van der Waals surface area (Å²) in [7, 11) is -3.40. The summed E-state index contributed by atoms with van der Waals surface area (Å²) in [6, 6.07) is 0. The van der Waals surface area contributed by atoms with E-state index in [1.165, 1.54) is 0 Å². The Balaban J connectivity index is 2.37. The number of hydrogen-bond acceptors (Lipinski definition) is 5. The van der Waals surface area contributed by atoms with Crippen LogP contribution in [0.5, 0.6) is 0 Å². The summed E-state index contributed by atoms with van der Waals surface area (Å²) in [5.74, 6) is -0.0703. The maximum Gasteiger partial charge on any atom is 0.306 e. The second-order valence-electron chi connectivity index (χ2n) is 5.89. The smallest absolute Gasteiger partial charge is 0.306 e. The number of ether oxygens (including phenoxy) is 1. The first-order valence-corrected chi connectivity index (χ1v) is 7.97. The first-order valence-electron chi connectivity index (χ1n) is 6.15. The Hall–Kier alpha value is -0.620. The highest BCUT2D eigenvalue weighted by Gasteiger charge is 2.30. The molecule has 1 aliphatic carbocycles. The van der Waals surface area contributed by atoms with Gasteiger partial charge in [-0.3, -0.25) is 8.98 Å². The molecule has 6 heteroatoms. The molecule has 106 valence electrons. The van der Waals surface area contributed by atoms with Gasteiger partial charge in [0.05, 0.1) is 12.4 Å². The Morgan fingerprint density at radius 2 is 1.89 bits per heavy atom. The summed E-state index contributed by atoms with van der Waals surface area (Å²) in [5.41, 5.74) is -0.474.